The third-order valence-corrected chi connectivity index (χ3v) is 7.45. The van der Waals surface area contributed by atoms with Gasteiger partial charge < -0.3 is 14.5 Å². The summed E-state index contributed by atoms with van der Waals surface area (Å²) in [7, 11) is 1.43. The molecule has 36 heavy (non-hydrogen) atoms. The summed E-state index contributed by atoms with van der Waals surface area (Å²) in [6.45, 7) is 4.62. The summed E-state index contributed by atoms with van der Waals surface area (Å²) in [4.78, 5) is 17.9. The highest BCUT2D eigenvalue weighted by Gasteiger charge is 2.26. The molecule has 2 aromatic carbocycles. The van der Waals surface area contributed by atoms with Crippen LogP contribution in [-0.2, 0) is 0 Å². The zero-order chi connectivity index (χ0) is 24.6. The zero-order valence-electron chi connectivity index (χ0n) is 20.3. The number of nitrogens with one attached hydrogen (secondary N) is 1. The lowest BCUT2D eigenvalue weighted by atomic mass is 10.0. The van der Waals surface area contributed by atoms with Gasteiger partial charge in [0.25, 0.3) is 5.56 Å². The smallest absolute Gasteiger partial charge is 0.273 e. The quantitative estimate of drug-likeness (QED) is 0.458. The molecule has 9 heteroatoms. The summed E-state index contributed by atoms with van der Waals surface area (Å²) in [5.74, 6) is -0.363. The van der Waals surface area contributed by atoms with Gasteiger partial charge in [0, 0.05) is 36.4 Å². The number of hydrogen-bond donors (Lipinski definition) is 1. The van der Waals surface area contributed by atoms with E-state index in [4.69, 9.17) is 4.74 Å². The van der Waals surface area contributed by atoms with Gasteiger partial charge in [-0.05, 0) is 63.0 Å². The van der Waals surface area contributed by atoms with Gasteiger partial charge in [0.15, 0.2) is 5.82 Å². The van der Waals surface area contributed by atoms with E-state index in [0.717, 1.165) is 29.4 Å². The predicted molar refractivity (Wildman–Crippen MR) is 137 cm³/mol. The average Bonchev–Trinajstić information content (AvgIpc) is 3.59. The summed E-state index contributed by atoms with van der Waals surface area (Å²) in [6, 6.07) is 14.8. The minimum absolute atomic E-state index is 0.0215. The van der Waals surface area contributed by atoms with Crippen molar-refractivity contribution in [3.8, 4) is 22.7 Å². The van der Waals surface area contributed by atoms with Crippen LogP contribution in [0.3, 0.4) is 0 Å². The Balaban J connectivity index is 1.28. The molecule has 0 aliphatic carbocycles. The van der Waals surface area contributed by atoms with Gasteiger partial charge in [-0.1, -0.05) is 18.2 Å². The SMILES string of the molecule is COc1cccc(F)c1-n1nc2c(-c3ccc(N4CCC(N5CCCC5)CC4)cc3)n[nH]c2cc1=O. The fourth-order valence-electron chi connectivity index (χ4n) is 5.54. The van der Waals surface area contributed by atoms with E-state index in [0.29, 0.717) is 16.7 Å². The average molecular weight is 489 g/mol. The Kier molecular flexibility index (Phi) is 5.92. The maximum absolute atomic E-state index is 14.7. The first kappa shape index (κ1) is 22.7. The highest BCUT2D eigenvalue weighted by atomic mass is 19.1. The first-order chi connectivity index (χ1) is 17.6. The molecule has 0 atom stereocenters. The highest BCUT2D eigenvalue weighted by Crippen LogP contribution is 2.30. The van der Waals surface area contributed by atoms with Gasteiger partial charge in [-0.25, -0.2) is 4.39 Å². The van der Waals surface area contributed by atoms with Crippen LogP contribution in [0.15, 0.2) is 53.3 Å². The minimum atomic E-state index is -0.591. The molecule has 4 aromatic rings. The molecule has 0 spiro atoms. The van der Waals surface area contributed by atoms with Gasteiger partial charge in [-0.15, -0.1) is 0 Å². The molecule has 0 radical (unpaired) electrons. The van der Waals surface area contributed by atoms with E-state index in [1.165, 1.54) is 69.8 Å². The number of piperidine rings is 1. The van der Waals surface area contributed by atoms with Crippen molar-refractivity contribution in [3.63, 3.8) is 0 Å². The second kappa shape index (κ2) is 9.39. The first-order valence-electron chi connectivity index (χ1n) is 12.5. The van der Waals surface area contributed by atoms with Crippen LogP contribution in [-0.4, -0.2) is 64.2 Å². The van der Waals surface area contributed by atoms with Crippen molar-refractivity contribution in [1.82, 2.24) is 24.9 Å². The summed E-state index contributed by atoms with van der Waals surface area (Å²) in [6.07, 6.45) is 5.07. The van der Waals surface area contributed by atoms with Crippen molar-refractivity contribution in [1.29, 1.82) is 0 Å². The van der Waals surface area contributed by atoms with Gasteiger partial charge in [0.1, 0.15) is 22.6 Å². The number of benzene rings is 2. The number of nitrogens with zero attached hydrogens (tertiary/aromatic N) is 5. The van der Waals surface area contributed by atoms with Crippen molar-refractivity contribution < 1.29 is 9.13 Å². The number of rotatable bonds is 5. The standard InChI is InChI=1S/C27H29FN6O2/c1-36-23-6-4-5-21(28)27(23)34-24(35)17-22-26(31-34)25(30-29-22)18-7-9-19(10-8-18)33-15-11-20(12-16-33)32-13-2-3-14-32/h4-10,17,20,29H,2-3,11-16H2,1H3. The number of aromatic amines is 1. The van der Waals surface area contributed by atoms with E-state index < -0.39 is 11.4 Å². The van der Waals surface area contributed by atoms with Crippen LogP contribution in [0.1, 0.15) is 25.7 Å². The Labute approximate surface area is 208 Å². The second-order valence-corrected chi connectivity index (χ2v) is 9.53. The zero-order valence-corrected chi connectivity index (χ0v) is 20.3. The largest absolute Gasteiger partial charge is 0.494 e. The number of para-hydroxylation sites is 1. The monoisotopic (exact) mass is 488 g/mol. The fraction of sp³-hybridized carbons (Fsp3) is 0.370. The number of anilines is 1. The van der Waals surface area contributed by atoms with E-state index in [-0.39, 0.29) is 11.4 Å². The fourth-order valence-corrected chi connectivity index (χ4v) is 5.54. The van der Waals surface area contributed by atoms with Crippen LogP contribution in [0.4, 0.5) is 10.1 Å². The molecular weight excluding hydrogens is 459 g/mol. The van der Waals surface area contributed by atoms with Crippen molar-refractivity contribution in [3.05, 3.63) is 64.7 Å². The molecule has 0 saturated carbocycles. The lowest BCUT2D eigenvalue weighted by Crippen LogP contribution is -2.43. The van der Waals surface area contributed by atoms with E-state index in [1.807, 2.05) is 12.1 Å². The van der Waals surface area contributed by atoms with Crippen LogP contribution in [0, 0.1) is 5.82 Å². The molecule has 0 bridgehead atoms. The number of H-pyrrole nitrogens is 1. The number of ether oxygens (including phenoxy) is 1. The summed E-state index contributed by atoms with van der Waals surface area (Å²) in [5, 5.41) is 11.8. The molecular formula is C27H29FN6O2. The number of halogens is 1. The molecule has 2 aliphatic heterocycles. The van der Waals surface area contributed by atoms with E-state index in [9.17, 15) is 9.18 Å². The molecule has 2 fully saturated rings. The summed E-state index contributed by atoms with van der Waals surface area (Å²) >= 11 is 0. The third kappa shape index (κ3) is 4.03. The van der Waals surface area contributed by atoms with Crippen LogP contribution in [0.5, 0.6) is 5.75 Å². The molecule has 4 heterocycles. The predicted octanol–water partition coefficient (Wildman–Crippen LogP) is 3.99. The third-order valence-electron chi connectivity index (χ3n) is 7.45. The minimum Gasteiger partial charge on any atom is -0.494 e. The Bertz CT molecular complexity index is 1430. The topological polar surface area (TPSA) is 79.3 Å². The Morgan fingerprint density at radius 1 is 1.03 bits per heavy atom. The normalized spacial score (nSPS) is 17.2. The highest BCUT2D eigenvalue weighted by molar-refractivity contribution is 5.89. The number of methoxy groups -OCH3 is 1. The molecule has 6 rings (SSSR count). The molecule has 186 valence electrons. The van der Waals surface area contributed by atoms with Gasteiger partial charge in [-0.3, -0.25) is 9.89 Å². The van der Waals surface area contributed by atoms with Gasteiger partial charge >= 0.3 is 0 Å². The Hall–Kier alpha value is -3.72. The first-order valence-corrected chi connectivity index (χ1v) is 12.5. The van der Waals surface area contributed by atoms with Crippen molar-refractivity contribution in [2.75, 3.05) is 38.2 Å². The molecule has 2 aliphatic rings. The summed E-state index contributed by atoms with van der Waals surface area (Å²) in [5.41, 5.74) is 3.15. The molecule has 2 aromatic heterocycles. The van der Waals surface area contributed by atoms with Crippen LogP contribution in [0.25, 0.3) is 28.0 Å². The van der Waals surface area contributed by atoms with Gasteiger partial charge in [0.05, 0.1) is 12.6 Å². The molecule has 1 N–H and O–H groups in total. The van der Waals surface area contributed by atoms with Gasteiger partial charge in [0.2, 0.25) is 0 Å². The van der Waals surface area contributed by atoms with E-state index in [1.54, 1.807) is 6.07 Å². The van der Waals surface area contributed by atoms with Crippen LogP contribution >= 0.6 is 0 Å². The van der Waals surface area contributed by atoms with Crippen molar-refractivity contribution >= 4 is 16.7 Å². The Morgan fingerprint density at radius 3 is 2.50 bits per heavy atom. The second-order valence-electron chi connectivity index (χ2n) is 9.53. The van der Waals surface area contributed by atoms with Crippen molar-refractivity contribution in [2.45, 2.75) is 31.7 Å². The molecule has 0 unspecified atom stereocenters. The number of hydrogen-bond acceptors (Lipinski definition) is 6. The maximum atomic E-state index is 14.7. The molecule has 0 amide bonds. The Morgan fingerprint density at radius 2 is 1.78 bits per heavy atom. The number of aromatic nitrogens is 4. The van der Waals surface area contributed by atoms with Crippen molar-refractivity contribution in [2.24, 2.45) is 0 Å². The van der Waals surface area contributed by atoms with Crippen LogP contribution < -0.4 is 15.2 Å². The molecule has 2 saturated heterocycles. The van der Waals surface area contributed by atoms with E-state index >= 15 is 0 Å². The van der Waals surface area contributed by atoms with Crippen LogP contribution in [0.2, 0.25) is 0 Å². The van der Waals surface area contributed by atoms with E-state index in [2.05, 4.69) is 37.2 Å². The number of fused-ring (bicyclic) bond motifs is 1. The maximum Gasteiger partial charge on any atom is 0.273 e. The lowest BCUT2D eigenvalue weighted by Gasteiger charge is -2.37. The molecule has 8 nitrogen and oxygen atoms in total. The number of likely N-dealkylation sites (tertiary alicyclic amines) is 1. The summed E-state index contributed by atoms with van der Waals surface area (Å²) < 4.78 is 21.0. The lowest BCUT2D eigenvalue weighted by molar-refractivity contribution is 0.208. The van der Waals surface area contributed by atoms with Gasteiger partial charge in [-0.2, -0.15) is 14.9 Å².